The zero-order valence-electron chi connectivity index (χ0n) is 9.46. The lowest BCUT2D eigenvalue weighted by Crippen LogP contribution is -2.00. The van der Waals surface area contributed by atoms with Crippen molar-refractivity contribution in [1.29, 1.82) is 0 Å². The van der Waals surface area contributed by atoms with Crippen molar-refractivity contribution in [3.63, 3.8) is 0 Å². The minimum Gasteiger partial charge on any atom is -0.464 e. The zero-order chi connectivity index (χ0) is 11.7. The van der Waals surface area contributed by atoms with Gasteiger partial charge in [-0.1, -0.05) is 0 Å². The van der Waals surface area contributed by atoms with Gasteiger partial charge in [-0.2, -0.15) is 0 Å². The van der Waals surface area contributed by atoms with Crippen LogP contribution in [0.1, 0.15) is 20.9 Å². The van der Waals surface area contributed by atoms with Gasteiger partial charge in [0, 0.05) is 4.88 Å². The molecule has 0 atom stereocenters. The molecule has 3 nitrogen and oxygen atoms in total. The van der Waals surface area contributed by atoms with Crippen molar-refractivity contribution >= 4 is 17.3 Å². The highest BCUT2D eigenvalue weighted by atomic mass is 32.1. The summed E-state index contributed by atoms with van der Waals surface area (Å²) in [6.45, 7) is 4.17. The van der Waals surface area contributed by atoms with E-state index in [1.807, 2.05) is 6.07 Å². The lowest BCUT2D eigenvalue weighted by atomic mass is 10.2. The fraction of sp³-hybridized carbons (Fsp3) is 0.250. The highest BCUT2D eigenvalue weighted by Crippen LogP contribution is 2.30. The Hall–Kier alpha value is -1.55. The van der Waals surface area contributed by atoms with Gasteiger partial charge in [0.2, 0.25) is 0 Å². The Morgan fingerprint density at radius 1 is 1.38 bits per heavy atom. The third kappa shape index (κ3) is 1.88. The summed E-state index contributed by atoms with van der Waals surface area (Å²) in [6, 6.07) is 5.76. The average molecular weight is 235 g/mol. The van der Waals surface area contributed by atoms with Crippen LogP contribution in [0.15, 0.2) is 18.2 Å². The molecule has 0 unspecified atom stereocenters. The van der Waals surface area contributed by atoms with Gasteiger partial charge in [-0.05, 0) is 37.6 Å². The lowest BCUT2D eigenvalue weighted by Gasteiger charge is -1.94. The minimum absolute atomic E-state index is 0.337. The third-order valence-electron chi connectivity index (χ3n) is 2.52. The van der Waals surface area contributed by atoms with Crippen LogP contribution in [0.25, 0.3) is 10.6 Å². The first kappa shape index (κ1) is 11.0. The Balaban J connectivity index is 2.35. The Labute approximate surface area is 98.1 Å². The molecule has 0 aromatic carbocycles. The van der Waals surface area contributed by atoms with Crippen molar-refractivity contribution in [3.05, 3.63) is 34.3 Å². The maximum Gasteiger partial charge on any atom is 0.354 e. The number of rotatable bonds is 2. The van der Waals surface area contributed by atoms with E-state index in [4.69, 9.17) is 0 Å². The van der Waals surface area contributed by atoms with Gasteiger partial charge in [0.15, 0.2) is 0 Å². The number of carbonyl (C=O) groups excluding carboxylic acids is 1. The molecule has 4 heteroatoms. The van der Waals surface area contributed by atoms with Crippen LogP contribution in [0.4, 0.5) is 0 Å². The normalized spacial score (nSPS) is 10.4. The number of H-pyrrole nitrogens is 1. The topological polar surface area (TPSA) is 42.1 Å². The fourth-order valence-electron chi connectivity index (χ4n) is 1.47. The second-order valence-electron chi connectivity index (χ2n) is 3.63. The Morgan fingerprint density at radius 3 is 2.69 bits per heavy atom. The SMILES string of the molecule is COC(=O)c1ccc(-c2cc(C)c(C)s2)[nH]1. The molecule has 0 aliphatic heterocycles. The van der Waals surface area contributed by atoms with E-state index >= 15 is 0 Å². The van der Waals surface area contributed by atoms with Crippen molar-refractivity contribution in [3.8, 4) is 10.6 Å². The first-order valence-electron chi connectivity index (χ1n) is 4.96. The molecule has 0 saturated carbocycles. The largest absolute Gasteiger partial charge is 0.464 e. The van der Waals surface area contributed by atoms with Gasteiger partial charge >= 0.3 is 5.97 Å². The first-order valence-corrected chi connectivity index (χ1v) is 5.78. The number of thiophene rings is 1. The van der Waals surface area contributed by atoms with Gasteiger partial charge in [-0.25, -0.2) is 4.79 Å². The van der Waals surface area contributed by atoms with E-state index in [1.54, 1.807) is 17.4 Å². The summed E-state index contributed by atoms with van der Waals surface area (Å²) >= 11 is 1.72. The smallest absolute Gasteiger partial charge is 0.354 e. The maximum absolute atomic E-state index is 11.3. The number of aryl methyl sites for hydroxylation is 2. The molecule has 0 radical (unpaired) electrons. The number of hydrogen-bond donors (Lipinski definition) is 1. The Morgan fingerprint density at radius 2 is 2.12 bits per heavy atom. The number of aromatic nitrogens is 1. The molecule has 2 heterocycles. The number of ether oxygens (including phenoxy) is 1. The fourth-order valence-corrected chi connectivity index (χ4v) is 2.49. The molecule has 2 aromatic heterocycles. The summed E-state index contributed by atoms with van der Waals surface area (Å²) in [6.07, 6.45) is 0. The molecule has 0 spiro atoms. The van der Waals surface area contributed by atoms with Gasteiger partial charge in [-0.15, -0.1) is 11.3 Å². The second-order valence-corrected chi connectivity index (χ2v) is 4.88. The monoisotopic (exact) mass is 235 g/mol. The number of aromatic amines is 1. The summed E-state index contributed by atoms with van der Waals surface area (Å²) in [7, 11) is 1.38. The van der Waals surface area contributed by atoms with Crippen molar-refractivity contribution < 1.29 is 9.53 Å². The molecular weight excluding hydrogens is 222 g/mol. The first-order chi connectivity index (χ1) is 7.61. The van der Waals surface area contributed by atoms with E-state index in [-0.39, 0.29) is 5.97 Å². The van der Waals surface area contributed by atoms with Gasteiger partial charge in [0.1, 0.15) is 5.69 Å². The molecule has 1 N–H and O–H groups in total. The van der Waals surface area contributed by atoms with E-state index < -0.39 is 0 Å². The van der Waals surface area contributed by atoms with Crippen LogP contribution in [0, 0.1) is 13.8 Å². The van der Waals surface area contributed by atoms with Crippen molar-refractivity contribution in [2.75, 3.05) is 7.11 Å². The summed E-state index contributed by atoms with van der Waals surface area (Å²) in [5.41, 5.74) is 2.72. The van der Waals surface area contributed by atoms with Gasteiger partial charge < -0.3 is 9.72 Å². The molecule has 0 bridgehead atoms. The average Bonchev–Trinajstić information content (AvgIpc) is 2.86. The van der Waals surface area contributed by atoms with E-state index in [1.165, 1.54) is 17.6 Å². The van der Waals surface area contributed by atoms with E-state index in [9.17, 15) is 4.79 Å². The maximum atomic E-state index is 11.3. The number of carbonyl (C=O) groups is 1. The predicted molar refractivity (Wildman–Crippen MR) is 64.9 cm³/mol. The number of esters is 1. The van der Waals surface area contributed by atoms with E-state index in [0.29, 0.717) is 5.69 Å². The van der Waals surface area contributed by atoms with Crippen LogP contribution >= 0.6 is 11.3 Å². The number of methoxy groups -OCH3 is 1. The van der Waals surface area contributed by atoms with Crippen LogP contribution in [0.3, 0.4) is 0 Å². The van der Waals surface area contributed by atoms with Crippen LogP contribution in [0.2, 0.25) is 0 Å². The standard InChI is InChI=1S/C12H13NO2S/c1-7-6-11(16-8(7)2)9-4-5-10(13-9)12(14)15-3/h4-6,13H,1-3H3. The summed E-state index contributed by atoms with van der Waals surface area (Å²) in [5.74, 6) is -0.337. The number of hydrogen-bond acceptors (Lipinski definition) is 3. The molecular formula is C12H13NO2S. The van der Waals surface area contributed by atoms with Crippen LogP contribution in [0.5, 0.6) is 0 Å². The van der Waals surface area contributed by atoms with Crippen LogP contribution in [-0.4, -0.2) is 18.1 Å². The summed E-state index contributed by atoms with van der Waals surface area (Å²) in [5, 5.41) is 0. The van der Waals surface area contributed by atoms with Crippen LogP contribution < -0.4 is 0 Å². The minimum atomic E-state index is -0.337. The number of nitrogens with one attached hydrogen (secondary N) is 1. The predicted octanol–water partition coefficient (Wildman–Crippen LogP) is 3.15. The van der Waals surface area contributed by atoms with Gasteiger partial charge in [0.25, 0.3) is 0 Å². The Bertz CT molecular complexity index is 505. The molecule has 0 aliphatic rings. The quantitative estimate of drug-likeness (QED) is 0.812. The molecule has 2 aromatic rings. The third-order valence-corrected chi connectivity index (χ3v) is 3.71. The molecule has 0 aliphatic carbocycles. The van der Waals surface area contributed by atoms with Crippen LogP contribution in [-0.2, 0) is 4.74 Å². The van der Waals surface area contributed by atoms with E-state index in [2.05, 4.69) is 29.6 Å². The molecule has 0 amide bonds. The lowest BCUT2D eigenvalue weighted by molar-refractivity contribution is 0.0595. The zero-order valence-corrected chi connectivity index (χ0v) is 10.3. The molecule has 2 rings (SSSR count). The van der Waals surface area contributed by atoms with Gasteiger partial charge in [0.05, 0.1) is 17.7 Å². The summed E-state index contributed by atoms with van der Waals surface area (Å²) in [4.78, 5) is 16.8. The Kier molecular flexibility index (Phi) is 2.83. The molecule has 16 heavy (non-hydrogen) atoms. The highest BCUT2D eigenvalue weighted by molar-refractivity contribution is 7.15. The van der Waals surface area contributed by atoms with E-state index in [0.717, 1.165) is 10.6 Å². The van der Waals surface area contributed by atoms with Crippen molar-refractivity contribution in [2.45, 2.75) is 13.8 Å². The highest BCUT2D eigenvalue weighted by Gasteiger charge is 2.10. The molecule has 0 saturated heterocycles. The van der Waals surface area contributed by atoms with Gasteiger partial charge in [-0.3, -0.25) is 0 Å². The van der Waals surface area contributed by atoms with Crippen molar-refractivity contribution in [2.24, 2.45) is 0 Å². The molecule has 84 valence electrons. The molecule has 0 fully saturated rings. The summed E-state index contributed by atoms with van der Waals surface area (Å²) < 4.78 is 4.65. The van der Waals surface area contributed by atoms with Crippen molar-refractivity contribution in [1.82, 2.24) is 4.98 Å². The second kappa shape index (κ2) is 4.14.